The number of nitrogens with one attached hydrogen (secondary N) is 1. The van der Waals surface area contributed by atoms with Crippen LogP contribution in [0.2, 0.25) is 5.02 Å². The summed E-state index contributed by atoms with van der Waals surface area (Å²) in [5.74, 6) is 2.96. The molecule has 0 aliphatic carbocycles. The molecule has 0 saturated carbocycles. The Morgan fingerprint density at radius 3 is 3.12 bits per heavy atom. The zero-order chi connectivity index (χ0) is 11.5. The van der Waals surface area contributed by atoms with E-state index in [4.69, 9.17) is 27.5 Å². The number of halogens is 1. The molecular weight excluding hydrogens is 230 g/mol. The van der Waals surface area contributed by atoms with Crippen LogP contribution in [-0.4, -0.2) is 19.2 Å². The summed E-state index contributed by atoms with van der Waals surface area (Å²) < 4.78 is 10.3. The maximum atomic E-state index is 11.6. The van der Waals surface area contributed by atoms with Gasteiger partial charge in [0.1, 0.15) is 0 Å². The van der Waals surface area contributed by atoms with Gasteiger partial charge in [-0.15, -0.1) is 6.42 Å². The van der Waals surface area contributed by atoms with Crippen LogP contribution in [0.15, 0.2) is 12.1 Å². The van der Waals surface area contributed by atoms with Gasteiger partial charge in [0.15, 0.2) is 11.5 Å². The molecule has 0 bridgehead atoms. The van der Waals surface area contributed by atoms with E-state index >= 15 is 0 Å². The zero-order valence-electron chi connectivity index (χ0n) is 8.25. The molecule has 1 aliphatic heterocycles. The summed E-state index contributed by atoms with van der Waals surface area (Å²) in [6.07, 6.45) is 5.04. The second kappa shape index (κ2) is 4.33. The number of rotatable bonds is 2. The molecule has 1 amide bonds. The van der Waals surface area contributed by atoms with E-state index in [1.54, 1.807) is 6.07 Å². The highest BCUT2D eigenvalue weighted by molar-refractivity contribution is 6.32. The molecule has 16 heavy (non-hydrogen) atoms. The Hall–Kier alpha value is -1.86. The molecule has 1 heterocycles. The quantitative estimate of drug-likeness (QED) is 0.792. The monoisotopic (exact) mass is 237 g/mol. The molecule has 0 spiro atoms. The fourth-order valence-electron chi connectivity index (χ4n) is 1.33. The molecule has 1 aromatic rings. The molecule has 4 nitrogen and oxygen atoms in total. The summed E-state index contributed by atoms with van der Waals surface area (Å²) in [7, 11) is 0. The first-order chi connectivity index (χ1) is 7.72. The Morgan fingerprint density at radius 1 is 1.56 bits per heavy atom. The van der Waals surface area contributed by atoms with Gasteiger partial charge in [-0.05, 0) is 12.1 Å². The largest absolute Gasteiger partial charge is 0.454 e. The van der Waals surface area contributed by atoms with Gasteiger partial charge in [0.25, 0.3) is 5.91 Å². The summed E-state index contributed by atoms with van der Waals surface area (Å²) in [5, 5.41) is 2.88. The van der Waals surface area contributed by atoms with Gasteiger partial charge in [-0.2, -0.15) is 0 Å². The van der Waals surface area contributed by atoms with Crippen molar-refractivity contribution in [2.75, 3.05) is 13.3 Å². The Morgan fingerprint density at radius 2 is 2.38 bits per heavy atom. The zero-order valence-corrected chi connectivity index (χ0v) is 9.00. The predicted octanol–water partition coefficient (Wildman–Crippen LogP) is 1.43. The van der Waals surface area contributed by atoms with Crippen LogP contribution in [0.4, 0.5) is 0 Å². The molecule has 0 saturated heterocycles. The lowest BCUT2D eigenvalue weighted by molar-refractivity contribution is 0.0958. The van der Waals surface area contributed by atoms with Crippen molar-refractivity contribution in [3.8, 4) is 23.8 Å². The normalized spacial score (nSPS) is 12.0. The van der Waals surface area contributed by atoms with Gasteiger partial charge in [0, 0.05) is 5.56 Å². The third-order valence-corrected chi connectivity index (χ3v) is 2.32. The van der Waals surface area contributed by atoms with Crippen LogP contribution in [0.5, 0.6) is 11.5 Å². The lowest BCUT2D eigenvalue weighted by Gasteiger charge is -2.04. The van der Waals surface area contributed by atoms with Crippen LogP contribution in [-0.2, 0) is 0 Å². The SMILES string of the molecule is C#CCNC(=O)c1cc(Cl)c2c(c1)OCO2. The van der Waals surface area contributed by atoms with Gasteiger partial charge in [-0.1, -0.05) is 17.5 Å². The van der Waals surface area contributed by atoms with E-state index in [9.17, 15) is 4.79 Å². The molecule has 0 aromatic heterocycles. The van der Waals surface area contributed by atoms with Crippen molar-refractivity contribution in [1.29, 1.82) is 0 Å². The standard InChI is InChI=1S/C11H8ClNO3/c1-2-3-13-11(14)7-4-8(12)10-9(5-7)15-6-16-10/h1,4-5H,3,6H2,(H,13,14). The molecule has 0 fully saturated rings. The topological polar surface area (TPSA) is 47.6 Å². The first-order valence-corrected chi connectivity index (χ1v) is 4.91. The minimum Gasteiger partial charge on any atom is -0.454 e. The number of terminal acetylenes is 1. The number of carbonyl (C=O) groups is 1. The van der Waals surface area contributed by atoms with Gasteiger partial charge >= 0.3 is 0 Å². The van der Waals surface area contributed by atoms with Crippen molar-refractivity contribution in [2.45, 2.75) is 0 Å². The second-order valence-corrected chi connectivity index (χ2v) is 3.49. The van der Waals surface area contributed by atoms with Crippen molar-refractivity contribution >= 4 is 17.5 Å². The molecule has 5 heteroatoms. The van der Waals surface area contributed by atoms with Crippen molar-refractivity contribution < 1.29 is 14.3 Å². The lowest BCUT2D eigenvalue weighted by atomic mass is 10.2. The van der Waals surface area contributed by atoms with E-state index in [0.717, 1.165) is 0 Å². The van der Waals surface area contributed by atoms with Crippen LogP contribution in [0.3, 0.4) is 0 Å². The van der Waals surface area contributed by atoms with E-state index in [1.807, 2.05) is 0 Å². The Kier molecular flexibility index (Phi) is 2.88. The minimum absolute atomic E-state index is 0.116. The molecule has 1 aliphatic rings. The number of hydrogen-bond acceptors (Lipinski definition) is 3. The predicted molar refractivity (Wildman–Crippen MR) is 58.7 cm³/mol. The Labute approximate surface area is 97.5 Å². The van der Waals surface area contributed by atoms with E-state index in [0.29, 0.717) is 22.1 Å². The second-order valence-electron chi connectivity index (χ2n) is 3.08. The number of ether oxygens (including phenoxy) is 2. The van der Waals surface area contributed by atoms with Crippen LogP contribution < -0.4 is 14.8 Å². The molecular formula is C11H8ClNO3. The molecule has 0 atom stereocenters. The van der Waals surface area contributed by atoms with Gasteiger partial charge in [0.2, 0.25) is 6.79 Å². The highest BCUT2D eigenvalue weighted by Crippen LogP contribution is 2.39. The molecule has 2 rings (SSSR count). The number of fused-ring (bicyclic) bond motifs is 1. The van der Waals surface area contributed by atoms with Gasteiger partial charge in [0.05, 0.1) is 11.6 Å². The van der Waals surface area contributed by atoms with E-state index in [2.05, 4.69) is 11.2 Å². The number of benzene rings is 1. The summed E-state index contributed by atoms with van der Waals surface area (Å²) >= 11 is 5.93. The smallest absolute Gasteiger partial charge is 0.252 e. The minimum atomic E-state index is -0.293. The highest BCUT2D eigenvalue weighted by atomic mass is 35.5. The third kappa shape index (κ3) is 1.90. The van der Waals surface area contributed by atoms with Crippen LogP contribution >= 0.6 is 11.6 Å². The first-order valence-electron chi connectivity index (χ1n) is 4.53. The van der Waals surface area contributed by atoms with Crippen LogP contribution in [0.25, 0.3) is 0 Å². The highest BCUT2D eigenvalue weighted by Gasteiger charge is 2.20. The van der Waals surface area contributed by atoms with Crippen LogP contribution in [0, 0.1) is 12.3 Å². The average molecular weight is 238 g/mol. The van der Waals surface area contributed by atoms with Crippen molar-refractivity contribution in [3.05, 3.63) is 22.7 Å². The molecule has 0 unspecified atom stereocenters. The van der Waals surface area contributed by atoms with Crippen molar-refractivity contribution in [3.63, 3.8) is 0 Å². The fraction of sp³-hybridized carbons (Fsp3) is 0.182. The molecule has 0 radical (unpaired) electrons. The summed E-state index contributed by atoms with van der Waals surface area (Å²) in [5.41, 5.74) is 0.393. The number of amides is 1. The van der Waals surface area contributed by atoms with E-state index in [-0.39, 0.29) is 19.2 Å². The van der Waals surface area contributed by atoms with E-state index in [1.165, 1.54) is 6.07 Å². The Balaban J connectivity index is 2.27. The maximum absolute atomic E-state index is 11.6. The van der Waals surface area contributed by atoms with Gasteiger partial charge < -0.3 is 14.8 Å². The van der Waals surface area contributed by atoms with Gasteiger partial charge in [-0.3, -0.25) is 4.79 Å². The average Bonchev–Trinajstić information content (AvgIpc) is 2.74. The molecule has 82 valence electrons. The summed E-state index contributed by atoms with van der Waals surface area (Å²) in [6.45, 7) is 0.287. The first kappa shape index (κ1) is 10.7. The maximum Gasteiger partial charge on any atom is 0.252 e. The lowest BCUT2D eigenvalue weighted by Crippen LogP contribution is -2.23. The number of hydrogen-bond donors (Lipinski definition) is 1. The summed E-state index contributed by atoms with van der Waals surface area (Å²) in [6, 6.07) is 3.08. The van der Waals surface area contributed by atoms with Gasteiger partial charge in [-0.25, -0.2) is 0 Å². The fourth-order valence-corrected chi connectivity index (χ4v) is 1.60. The Bertz CT molecular complexity index is 479. The molecule has 1 aromatic carbocycles. The summed E-state index contributed by atoms with van der Waals surface area (Å²) in [4.78, 5) is 11.6. The van der Waals surface area contributed by atoms with Crippen molar-refractivity contribution in [1.82, 2.24) is 5.32 Å². The molecule has 1 N–H and O–H groups in total. The van der Waals surface area contributed by atoms with E-state index < -0.39 is 0 Å². The number of carbonyl (C=O) groups excluding carboxylic acids is 1. The van der Waals surface area contributed by atoms with Crippen LogP contribution in [0.1, 0.15) is 10.4 Å². The van der Waals surface area contributed by atoms with Crippen molar-refractivity contribution in [2.24, 2.45) is 0 Å². The third-order valence-electron chi connectivity index (χ3n) is 2.04.